The highest BCUT2D eigenvalue weighted by Gasteiger charge is 2.52. The molecule has 16 nitrogen and oxygen atoms in total. The lowest BCUT2D eigenvalue weighted by Crippen LogP contribution is -2.61. The number of phenols is 6. The van der Waals surface area contributed by atoms with Crippen molar-refractivity contribution >= 4 is 5.97 Å². The van der Waals surface area contributed by atoms with Crippen molar-refractivity contribution in [1.29, 1.82) is 0 Å². The van der Waals surface area contributed by atoms with Gasteiger partial charge in [0.2, 0.25) is 5.75 Å². The molecule has 1 fully saturated rings. The van der Waals surface area contributed by atoms with Gasteiger partial charge in [-0.05, 0) is 18.2 Å². The molecule has 16 heteroatoms. The van der Waals surface area contributed by atoms with E-state index in [4.69, 9.17) is 18.6 Å². The molecule has 0 radical (unpaired) electrons. The van der Waals surface area contributed by atoms with Crippen LogP contribution in [0.15, 0.2) is 51.7 Å². The Morgan fingerprint density at radius 2 is 1.45 bits per heavy atom. The molecule has 0 unspecified atom stereocenters. The van der Waals surface area contributed by atoms with Crippen LogP contribution >= 0.6 is 0 Å². The predicted octanol–water partition coefficient (Wildman–Crippen LogP) is 0.104. The molecule has 0 aromatic heterocycles. The molecule has 2 heterocycles. The number of esters is 1. The number of ether oxygens (including phenoxy) is 3. The second-order valence-corrected chi connectivity index (χ2v) is 9.73. The van der Waals surface area contributed by atoms with E-state index in [1.165, 1.54) is 0 Å². The number of hydrogen-bond donors (Lipinski definition) is 10. The lowest BCUT2D eigenvalue weighted by atomic mass is 9.99. The number of phenolic OH excluding ortho intramolecular Hbond substituents is 6. The molecule has 0 bridgehead atoms. The van der Waals surface area contributed by atoms with Gasteiger partial charge in [0.1, 0.15) is 29.3 Å². The molecule has 1 saturated heterocycles. The van der Waals surface area contributed by atoms with E-state index in [1.54, 1.807) is 0 Å². The lowest BCUT2D eigenvalue weighted by molar-refractivity contribution is -0.274. The van der Waals surface area contributed by atoms with E-state index >= 15 is 0 Å². The van der Waals surface area contributed by atoms with Crippen molar-refractivity contribution in [1.82, 2.24) is 0 Å². The minimum Gasteiger partial charge on any atom is -0.507 e. The van der Waals surface area contributed by atoms with Gasteiger partial charge in [0, 0.05) is 29.8 Å². The Labute approximate surface area is 245 Å². The van der Waals surface area contributed by atoms with Gasteiger partial charge in [0.05, 0.1) is 12.2 Å². The minimum atomic E-state index is -1.94. The number of hydrogen-bond acceptors (Lipinski definition) is 15. The topological polar surface area (TPSA) is 282 Å². The fourth-order valence-electron chi connectivity index (χ4n) is 4.53. The minimum absolute atomic E-state index is 0.00478. The maximum Gasteiger partial charge on any atom is 0.518 e. The third-order valence-electron chi connectivity index (χ3n) is 6.77. The van der Waals surface area contributed by atoms with E-state index in [-0.39, 0.29) is 22.6 Å². The standard InChI is InChI=1S/C28H24O16/c29-8-20-23(38)24(39)26(44-27(40)10-2-14(32)21(36)15(33)3-10)28(43-20)42-19-4-9(1-16(34)22(19)37)25-17(35)7-12-13(31)5-11(30)6-18(12)41-25/h1-7,20,23-24,26,28-29,31-39H,8H2/p+1/t20-,23+,24+,26-,28-/m1/s1. The van der Waals surface area contributed by atoms with Gasteiger partial charge in [-0.3, -0.25) is 4.79 Å². The molecule has 0 saturated carbocycles. The monoisotopic (exact) mass is 617 g/mol. The summed E-state index contributed by atoms with van der Waals surface area (Å²) >= 11 is 0. The summed E-state index contributed by atoms with van der Waals surface area (Å²) in [6.07, 6.45) is -8.95. The predicted molar refractivity (Wildman–Crippen MR) is 144 cm³/mol. The highest BCUT2D eigenvalue weighted by molar-refractivity contribution is 5.92. The summed E-state index contributed by atoms with van der Waals surface area (Å²) in [6.45, 7) is -0.837. The summed E-state index contributed by atoms with van der Waals surface area (Å²) in [5.41, 5.74) is -1.14. The van der Waals surface area contributed by atoms with Gasteiger partial charge in [-0.1, -0.05) is 0 Å². The van der Waals surface area contributed by atoms with Crippen molar-refractivity contribution in [2.45, 2.75) is 30.7 Å². The summed E-state index contributed by atoms with van der Waals surface area (Å²) < 4.78 is 22.0. The Balaban J connectivity index is 1.52. The molecule has 3 aliphatic rings. The third kappa shape index (κ3) is 5.40. The van der Waals surface area contributed by atoms with Crippen molar-refractivity contribution in [3.05, 3.63) is 58.3 Å². The number of aliphatic hydroxyl groups excluding tert-OH is 3. The quantitative estimate of drug-likeness (QED) is 0.0780. The first-order valence-corrected chi connectivity index (χ1v) is 12.6. The van der Waals surface area contributed by atoms with Crippen LogP contribution in [0.4, 0.5) is 0 Å². The average Bonchev–Trinajstić information content (AvgIpc) is 2.97. The molecule has 0 spiro atoms. The zero-order valence-corrected chi connectivity index (χ0v) is 22.1. The maximum absolute atomic E-state index is 11.8. The van der Waals surface area contributed by atoms with Gasteiger partial charge in [-0.2, -0.15) is 0 Å². The fraction of sp³-hybridized carbons (Fsp3) is 0.214. The van der Waals surface area contributed by atoms with Crippen LogP contribution in [0.1, 0.15) is 5.56 Å². The molecular weight excluding hydrogens is 592 g/mol. The normalized spacial score (nSPS) is 21.7. The Morgan fingerprint density at radius 3 is 2.11 bits per heavy atom. The van der Waals surface area contributed by atoms with Crippen LogP contribution in [0.3, 0.4) is 0 Å². The van der Waals surface area contributed by atoms with E-state index < -0.39 is 100 Å². The van der Waals surface area contributed by atoms with E-state index in [0.717, 1.165) is 42.5 Å². The molecule has 5 atom stereocenters. The number of rotatable bonds is 6. The molecule has 11 N–H and O–H groups in total. The van der Waals surface area contributed by atoms with Crippen LogP contribution in [0.5, 0.6) is 46.0 Å². The first-order valence-electron chi connectivity index (χ1n) is 12.6. The average molecular weight is 617 g/mol. The molecule has 232 valence electrons. The smallest absolute Gasteiger partial charge is 0.507 e. The van der Waals surface area contributed by atoms with Gasteiger partial charge < -0.3 is 74.5 Å². The molecular formula is C28H25O16+. The first kappa shape index (κ1) is 30.1. The highest BCUT2D eigenvalue weighted by atomic mass is 16.7. The van der Waals surface area contributed by atoms with Crippen LogP contribution in [0.25, 0.3) is 22.6 Å². The Bertz CT molecular complexity index is 1740. The zero-order valence-electron chi connectivity index (χ0n) is 22.1. The molecule has 1 aliphatic carbocycles. The van der Waals surface area contributed by atoms with Crippen LogP contribution in [0.2, 0.25) is 0 Å². The maximum atomic E-state index is 11.8. The Hall–Kier alpha value is -5.42. The zero-order chi connectivity index (χ0) is 32.0. The summed E-state index contributed by atoms with van der Waals surface area (Å²) in [5, 5.41) is 101. The van der Waals surface area contributed by atoms with Crippen LogP contribution in [0, 0.1) is 0 Å². The van der Waals surface area contributed by atoms with Crippen LogP contribution < -0.4 is 10.2 Å². The van der Waals surface area contributed by atoms with Gasteiger partial charge in [-0.15, -0.1) is 0 Å². The molecule has 44 heavy (non-hydrogen) atoms. The van der Waals surface area contributed by atoms with Crippen LogP contribution in [-0.4, -0.2) is 99.1 Å². The first-order chi connectivity index (χ1) is 20.8. The summed E-state index contributed by atoms with van der Waals surface area (Å²) in [7, 11) is 0. The van der Waals surface area contributed by atoms with Crippen molar-refractivity contribution < 1.29 is 74.5 Å². The Morgan fingerprint density at radius 1 is 0.795 bits per heavy atom. The van der Waals surface area contributed by atoms with E-state index in [2.05, 4.69) is 0 Å². The number of fused-ring (bicyclic) bond motifs is 1. The van der Waals surface area contributed by atoms with Crippen molar-refractivity contribution in [3.63, 3.8) is 0 Å². The lowest BCUT2D eigenvalue weighted by Gasteiger charge is -2.38. The second-order valence-electron chi connectivity index (χ2n) is 9.73. The van der Waals surface area contributed by atoms with Gasteiger partial charge in [-0.25, -0.2) is 0 Å². The Kier molecular flexibility index (Phi) is 7.75. The molecule has 2 aromatic rings. The van der Waals surface area contributed by atoms with Gasteiger partial charge >= 0.3 is 5.97 Å². The molecule has 2 aliphatic heterocycles. The molecule has 2 aromatic carbocycles. The number of benzene rings is 3. The summed E-state index contributed by atoms with van der Waals surface area (Å²) in [6, 6.07) is 6.62. The molecule has 0 amide bonds. The summed E-state index contributed by atoms with van der Waals surface area (Å²) in [4.78, 5) is 22.4. The second kappa shape index (κ2) is 11.3. The number of aliphatic hydroxyl groups is 3. The summed E-state index contributed by atoms with van der Waals surface area (Å²) in [5.74, 6) is -7.44. The van der Waals surface area contributed by atoms with Crippen LogP contribution in [-0.2, 0) is 9.47 Å². The van der Waals surface area contributed by atoms with Crippen molar-refractivity contribution in [2.75, 3.05) is 6.61 Å². The third-order valence-corrected chi connectivity index (χ3v) is 6.77. The highest BCUT2D eigenvalue weighted by Crippen LogP contribution is 2.45. The molecule has 5 rings (SSSR count). The fourth-order valence-corrected chi connectivity index (χ4v) is 4.53. The van der Waals surface area contributed by atoms with E-state index in [9.17, 15) is 60.7 Å². The van der Waals surface area contributed by atoms with E-state index in [0.29, 0.717) is 0 Å². The largest absolute Gasteiger partial charge is 0.518 e. The van der Waals surface area contributed by atoms with E-state index in [1.807, 2.05) is 0 Å². The van der Waals surface area contributed by atoms with Crippen molar-refractivity contribution in [2.24, 2.45) is 0 Å². The van der Waals surface area contributed by atoms with Gasteiger partial charge in [0.25, 0.3) is 12.4 Å². The number of aromatic hydroxyl groups is 7. The number of carbonyl (C=O) groups excluding carboxylic acids is 1. The SMILES string of the molecule is O=c1cc2oc(-c3cc(O)c(O)c(O[C@@H]4O[C@H](CO)[C@H](O)[C@H](O)[C@H]4OC(=[OH+])c4cc(O)c(O)c(O)c4)c3)c(O)cc-2c(O)c1. The van der Waals surface area contributed by atoms with Crippen molar-refractivity contribution in [3.8, 4) is 68.6 Å². The van der Waals surface area contributed by atoms with Gasteiger partial charge in [0.15, 0.2) is 51.8 Å².